The fourth-order valence-electron chi connectivity index (χ4n) is 7.17. The fourth-order valence-corrected chi connectivity index (χ4v) is 7.52. The molecule has 3 fully saturated rings. The summed E-state index contributed by atoms with van der Waals surface area (Å²) < 4.78 is 16.0. The van der Waals surface area contributed by atoms with Crippen LogP contribution in [0.1, 0.15) is 43.2 Å². The molecule has 0 aromatic heterocycles. The lowest BCUT2D eigenvalue weighted by molar-refractivity contribution is -0.125. The number of carbonyl (C=O) groups is 3. The molecule has 7 nitrogen and oxygen atoms in total. The van der Waals surface area contributed by atoms with Gasteiger partial charge in [-0.15, -0.1) is 0 Å². The summed E-state index contributed by atoms with van der Waals surface area (Å²) in [4.78, 5) is 41.3. The summed E-state index contributed by atoms with van der Waals surface area (Å²) in [6.07, 6.45) is 4.09. The van der Waals surface area contributed by atoms with Gasteiger partial charge in [-0.05, 0) is 85.7 Å². The molecule has 1 saturated carbocycles. The summed E-state index contributed by atoms with van der Waals surface area (Å²) in [7, 11) is 0. The summed E-state index contributed by atoms with van der Waals surface area (Å²) in [5.74, 6) is -1.39. The number of piperidine rings is 1. The number of nitrogens with one attached hydrogen (secondary N) is 2. The Morgan fingerprint density at radius 3 is 2.43 bits per heavy atom. The number of anilines is 3. The first-order chi connectivity index (χ1) is 20.3. The number of fused-ring (bicyclic) bond motifs is 1. The second kappa shape index (κ2) is 11.3. The smallest absolute Gasteiger partial charge is 0.232 e. The average Bonchev–Trinajstić information content (AvgIpc) is 3.76. The second-order valence-corrected chi connectivity index (χ2v) is 12.3. The van der Waals surface area contributed by atoms with Crippen molar-refractivity contribution in [2.45, 2.75) is 43.7 Å². The Morgan fingerprint density at radius 2 is 1.74 bits per heavy atom. The molecule has 218 valence electrons. The quantitative estimate of drug-likeness (QED) is 0.275. The highest BCUT2D eigenvalue weighted by molar-refractivity contribution is 6.31. The number of likely N-dealkylation sites (tertiary alicyclic amines) is 1. The van der Waals surface area contributed by atoms with Gasteiger partial charge >= 0.3 is 0 Å². The Hall–Kier alpha value is -3.46. The highest BCUT2D eigenvalue weighted by Gasteiger charge is 2.63. The lowest BCUT2D eigenvalue weighted by atomic mass is 9.70. The Kier molecular flexibility index (Phi) is 7.72. The van der Waals surface area contributed by atoms with Crippen LogP contribution in [-0.2, 0) is 19.9 Å². The van der Waals surface area contributed by atoms with E-state index in [1.807, 2.05) is 6.07 Å². The van der Waals surface area contributed by atoms with Crippen LogP contribution in [0, 0.1) is 17.7 Å². The SMILES string of the molecule is C[C@@]1(c2ccc(Cl)cc2NC=O)[C@@H](c2cccc(Cl)c2F)[C@@H]2C(=O)N(c3ccc(NC=O)cc3)CC[C@@H]2N1CC1CC1. The van der Waals surface area contributed by atoms with Crippen LogP contribution in [0.4, 0.5) is 21.5 Å². The molecule has 10 heteroatoms. The maximum Gasteiger partial charge on any atom is 0.232 e. The van der Waals surface area contributed by atoms with Crippen molar-refractivity contribution in [3.8, 4) is 0 Å². The minimum absolute atomic E-state index is 0.00669. The van der Waals surface area contributed by atoms with Crippen molar-refractivity contribution in [1.29, 1.82) is 0 Å². The van der Waals surface area contributed by atoms with Crippen molar-refractivity contribution in [2.24, 2.45) is 11.8 Å². The van der Waals surface area contributed by atoms with Crippen LogP contribution < -0.4 is 15.5 Å². The molecule has 0 unspecified atom stereocenters. The first-order valence-corrected chi connectivity index (χ1v) is 14.9. The minimum Gasteiger partial charge on any atom is -0.329 e. The molecule has 42 heavy (non-hydrogen) atoms. The summed E-state index contributed by atoms with van der Waals surface area (Å²) in [6.45, 7) is 3.29. The molecule has 2 N–H and O–H groups in total. The summed E-state index contributed by atoms with van der Waals surface area (Å²) in [5.41, 5.74) is 2.10. The van der Waals surface area contributed by atoms with Gasteiger partial charge in [0.25, 0.3) is 0 Å². The molecule has 6 rings (SSSR count). The molecule has 2 heterocycles. The van der Waals surface area contributed by atoms with Crippen LogP contribution in [0.15, 0.2) is 60.7 Å². The number of hydrogen-bond donors (Lipinski definition) is 2. The zero-order valence-corrected chi connectivity index (χ0v) is 24.5. The van der Waals surface area contributed by atoms with E-state index in [2.05, 4.69) is 22.5 Å². The van der Waals surface area contributed by atoms with Gasteiger partial charge < -0.3 is 15.5 Å². The number of halogens is 3. The molecule has 0 radical (unpaired) electrons. The predicted molar refractivity (Wildman–Crippen MR) is 162 cm³/mol. The highest BCUT2D eigenvalue weighted by atomic mass is 35.5. The molecule has 4 atom stereocenters. The van der Waals surface area contributed by atoms with Crippen molar-refractivity contribution in [2.75, 3.05) is 28.6 Å². The molecule has 0 bridgehead atoms. The van der Waals surface area contributed by atoms with Crippen molar-refractivity contribution in [3.05, 3.63) is 87.7 Å². The van der Waals surface area contributed by atoms with Gasteiger partial charge in [0.15, 0.2) is 0 Å². The number of amides is 3. The van der Waals surface area contributed by atoms with Crippen LogP contribution in [0.5, 0.6) is 0 Å². The topological polar surface area (TPSA) is 81.8 Å². The first kappa shape index (κ1) is 28.6. The molecule has 2 aliphatic heterocycles. The van der Waals surface area contributed by atoms with E-state index >= 15 is 4.39 Å². The molecule has 3 amide bonds. The molecular weight excluding hydrogens is 578 g/mol. The largest absolute Gasteiger partial charge is 0.329 e. The minimum atomic E-state index is -0.886. The monoisotopic (exact) mass is 608 g/mol. The summed E-state index contributed by atoms with van der Waals surface area (Å²) >= 11 is 12.7. The van der Waals surface area contributed by atoms with Gasteiger partial charge in [0.1, 0.15) is 5.82 Å². The molecular formula is C32H31Cl2FN4O3. The van der Waals surface area contributed by atoms with E-state index in [-0.39, 0.29) is 17.0 Å². The number of nitrogens with zero attached hydrogens (tertiary/aromatic N) is 2. The van der Waals surface area contributed by atoms with Crippen molar-refractivity contribution in [1.82, 2.24) is 4.90 Å². The third-order valence-electron chi connectivity index (χ3n) is 9.19. The molecule has 2 saturated heterocycles. The molecule has 3 aromatic carbocycles. The maximum absolute atomic E-state index is 16.0. The first-order valence-electron chi connectivity index (χ1n) is 14.1. The normalized spacial score (nSPS) is 25.7. The molecule has 1 aliphatic carbocycles. The number of rotatable bonds is 9. The van der Waals surface area contributed by atoms with E-state index in [0.29, 0.717) is 59.4 Å². The second-order valence-electron chi connectivity index (χ2n) is 11.5. The zero-order chi connectivity index (χ0) is 29.6. The number of carbonyl (C=O) groups excluding carboxylic acids is 3. The highest BCUT2D eigenvalue weighted by Crippen LogP contribution is 2.60. The van der Waals surface area contributed by atoms with E-state index in [1.165, 1.54) is 6.07 Å². The van der Waals surface area contributed by atoms with Crippen molar-refractivity contribution < 1.29 is 18.8 Å². The number of hydrogen-bond acceptors (Lipinski definition) is 4. The van der Waals surface area contributed by atoms with E-state index in [9.17, 15) is 14.4 Å². The van der Waals surface area contributed by atoms with Crippen LogP contribution >= 0.6 is 23.2 Å². The maximum atomic E-state index is 16.0. The van der Waals surface area contributed by atoms with Gasteiger partial charge in [-0.25, -0.2) is 4.39 Å². The van der Waals surface area contributed by atoms with Crippen LogP contribution in [0.2, 0.25) is 10.0 Å². The van der Waals surface area contributed by atoms with E-state index in [1.54, 1.807) is 53.4 Å². The van der Waals surface area contributed by atoms with Crippen molar-refractivity contribution in [3.63, 3.8) is 0 Å². The van der Waals surface area contributed by atoms with Gasteiger partial charge in [0.2, 0.25) is 18.7 Å². The standard InChI is InChI=1S/C32H31Cl2FN4O3/c1-32(24-12-7-20(33)15-26(24)37-18-41)29(23-3-2-4-25(34)30(23)35)28-27(39(32)16-19-5-6-19)13-14-38(31(28)42)22-10-8-21(9-11-22)36-17-40/h2-4,7-12,15,17-19,27-29H,5-6,13-14,16H2,1H3,(H,36,40)(H,37,41)/t27-,28+,29-,32+/m0/s1. The summed E-state index contributed by atoms with van der Waals surface area (Å²) in [6, 6.07) is 17.2. The Bertz CT molecular complexity index is 1530. The fraction of sp³-hybridized carbons (Fsp3) is 0.344. The van der Waals surface area contributed by atoms with E-state index < -0.39 is 23.2 Å². The third kappa shape index (κ3) is 4.85. The van der Waals surface area contributed by atoms with E-state index in [4.69, 9.17) is 23.2 Å². The molecule has 0 spiro atoms. The zero-order valence-electron chi connectivity index (χ0n) is 23.0. The van der Waals surface area contributed by atoms with Gasteiger partial charge in [-0.1, -0.05) is 41.4 Å². The van der Waals surface area contributed by atoms with Crippen LogP contribution in [0.3, 0.4) is 0 Å². The van der Waals surface area contributed by atoms with Gasteiger partial charge in [-0.3, -0.25) is 19.3 Å². The molecule has 3 aliphatic rings. The Morgan fingerprint density at radius 1 is 1.00 bits per heavy atom. The number of benzene rings is 3. The van der Waals surface area contributed by atoms with Gasteiger partial charge in [-0.2, -0.15) is 0 Å². The Labute approximate surface area is 254 Å². The van der Waals surface area contributed by atoms with Crippen LogP contribution in [-0.4, -0.2) is 42.8 Å². The van der Waals surface area contributed by atoms with Crippen LogP contribution in [0.25, 0.3) is 0 Å². The van der Waals surface area contributed by atoms with Gasteiger partial charge in [0, 0.05) is 47.1 Å². The predicted octanol–water partition coefficient (Wildman–Crippen LogP) is 6.42. The lowest BCUT2D eigenvalue weighted by Crippen LogP contribution is -2.52. The van der Waals surface area contributed by atoms with Gasteiger partial charge in [0.05, 0.1) is 16.5 Å². The summed E-state index contributed by atoms with van der Waals surface area (Å²) in [5, 5.41) is 5.88. The van der Waals surface area contributed by atoms with Crippen molar-refractivity contribution >= 4 is 59.0 Å². The third-order valence-corrected chi connectivity index (χ3v) is 9.72. The van der Waals surface area contributed by atoms with E-state index in [0.717, 1.165) is 24.9 Å². The average molecular weight is 610 g/mol. The molecule has 3 aromatic rings. The lowest BCUT2D eigenvalue weighted by Gasteiger charge is -2.43. The Balaban J connectivity index is 1.53.